The quantitative estimate of drug-likeness (QED) is 0.786. The standard InChI is InChI=1S/C15H28N2O/c1-4-5-6-11(2)9-17-10-13-7-12(13)8-14(16-3)15(17)18/h11-14,16H,4-10H2,1-3H3. The molecule has 1 saturated heterocycles. The number of likely N-dealkylation sites (tertiary alicyclic amines) is 1. The van der Waals surface area contributed by atoms with Gasteiger partial charge < -0.3 is 10.2 Å². The van der Waals surface area contributed by atoms with Gasteiger partial charge in [0.1, 0.15) is 0 Å². The van der Waals surface area contributed by atoms with Crippen LogP contribution in [0.1, 0.15) is 46.0 Å². The van der Waals surface area contributed by atoms with E-state index in [4.69, 9.17) is 0 Å². The first kappa shape index (κ1) is 13.9. The van der Waals surface area contributed by atoms with Crippen LogP contribution < -0.4 is 5.32 Å². The third kappa shape index (κ3) is 3.25. The molecule has 4 atom stereocenters. The van der Waals surface area contributed by atoms with Gasteiger partial charge in [0.15, 0.2) is 0 Å². The molecule has 0 spiro atoms. The minimum atomic E-state index is 0.0703. The first-order valence-electron chi connectivity index (χ1n) is 7.61. The average Bonchev–Trinajstić information content (AvgIpc) is 3.10. The fourth-order valence-electron chi connectivity index (χ4n) is 3.25. The van der Waals surface area contributed by atoms with E-state index in [1.165, 1.54) is 25.7 Å². The second kappa shape index (κ2) is 6.05. The summed E-state index contributed by atoms with van der Waals surface area (Å²) in [4.78, 5) is 14.6. The molecular weight excluding hydrogens is 224 g/mol. The van der Waals surface area contributed by atoms with Crippen molar-refractivity contribution >= 4 is 5.91 Å². The van der Waals surface area contributed by atoms with Gasteiger partial charge in [-0.1, -0.05) is 26.7 Å². The van der Waals surface area contributed by atoms with Crippen molar-refractivity contribution in [3.63, 3.8) is 0 Å². The SMILES string of the molecule is CCCCC(C)CN1CC2CC2CC(NC)C1=O. The zero-order valence-corrected chi connectivity index (χ0v) is 12.1. The summed E-state index contributed by atoms with van der Waals surface area (Å²) in [6.07, 6.45) is 6.18. The fourth-order valence-corrected chi connectivity index (χ4v) is 3.25. The Labute approximate surface area is 111 Å². The lowest BCUT2D eigenvalue weighted by molar-refractivity contribution is -0.133. The van der Waals surface area contributed by atoms with Crippen molar-refractivity contribution in [2.75, 3.05) is 20.1 Å². The Hall–Kier alpha value is -0.570. The molecule has 0 radical (unpaired) electrons. The summed E-state index contributed by atoms with van der Waals surface area (Å²) >= 11 is 0. The average molecular weight is 252 g/mol. The highest BCUT2D eigenvalue weighted by Gasteiger charge is 2.45. The summed E-state index contributed by atoms with van der Waals surface area (Å²) in [6.45, 7) is 6.49. The summed E-state index contributed by atoms with van der Waals surface area (Å²) in [5.41, 5.74) is 0. The van der Waals surface area contributed by atoms with Crippen LogP contribution in [0.5, 0.6) is 0 Å². The number of likely N-dealkylation sites (N-methyl/N-ethyl adjacent to an activating group) is 1. The topological polar surface area (TPSA) is 32.3 Å². The van der Waals surface area contributed by atoms with Crippen LogP contribution in [0.3, 0.4) is 0 Å². The summed E-state index contributed by atoms with van der Waals surface area (Å²) in [7, 11) is 1.92. The minimum absolute atomic E-state index is 0.0703. The van der Waals surface area contributed by atoms with Crippen LogP contribution >= 0.6 is 0 Å². The molecule has 4 unspecified atom stereocenters. The van der Waals surface area contributed by atoms with Gasteiger partial charge in [-0.05, 0) is 44.1 Å². The number of unbranched alkanes of at least 4 members (excludes halogenated alkanes) is 1. The number of hydrogen-bond acceptors (Lipinski definition) is 2. The predicted molar refractivity (Wildman–Crippen MR) is 74.3 cm³/mol. The largest absolute Gasteiger partial charge is 0.341 e. The molecule has 18 heavy (non-hydrogen) atoms. The smallest absolute Gasteiger partial charge is 0.239 e. The van der Waals surface area contributed by atoms with Gasteiger partial charge >= 0.3 is 0 Å². The molecular formula is C15H28N2O. The van der Waals surface area contributed by atoms with Crippen LogP contribution in [-0.4, -0.2) is 37.0 Å². The lowest BCUT2D eigenvalue weighted by atomic mass is 10.0. The number of carbonyl (C=O) groups is 1. The normalized spacial score (nSPS) is 32.9. The van der Waals surface area contributed by atoms with Crippen molar-refractivity contribution in [3.8, 4) is 0 Å². The monoisotopic (exact) mass is 252 g/mol. The number of fused-ring (bicyclic) bond motifs is 1. The van der Waals surface area contributed by atoms with E-state index in [0.717, 1.165) is 31.3 Å². The Balaban J connectivity index is 1.90. The Morgan fingerprint density at radius 1 is 1.39 bits per heavy atom. The summed E-state index contributed by atoms with van der Waals surface area (Å²) in [5, 5.41) is 3.21. The number of carbonyl (C=O) groups excluding carboxylic acids is 1. The van der Waals surface area contributed by atoms with Crippen LogP contribution in [0.4, 0.5) is 0 Å². The maximum atomic E-state index is 12.4. The van der Waals surface area contributed by atoms with Gasteiger partial charge in [-0.3, -0.25) is 4.79 Å². The third-order valence-electron chi connectivity index (χ3n) is 4.60. The third-order valence-corrected chi connectivity index (χ3v) is 4.60. The summed E-state index contributed by atoms with van der Waals surface area (Å²) in [6, 6.07) is 0.0703. The summed E-state index contributed by atoms with van der Waals surface area (Å²) in [5.74, 6) is 2.59. The number of rotatable bonds is 6. The Bertz CT molecular complexity index is 292. The van der Waals surface area contributed by atoms with Crippen molar-refractivity contribution < 1.29 is 4.79 Å². The number of nitrogens with zero attached hydrogens (tertiary/aromatic N) is 1. The van der Waals surface area contributed by atoms with E-state index in [2.05, 4.69) is 24.1 Å². The van der Waals surface area contributed by atoms with Crippen LogP contribution in [0.25, 0.3) is 0 Å². The second-order valence-electron chi connectivity index (χ2n) is 6.32. The highest BCUT2D eigenvalue weighted by Crippen LogP contribution is 2.44. The van der Waals surface area contributed by atoms with Crippen molar-refractivity contribution in [1.82, 2.24) is 10.2 Å². The van der Waals surface area contributed by atoms with Crippen LogP contribution in [0.15, 0.2) is 0 Å². The molecule has 1 amide bonds. The molecule has 2 fully saturated rings. The maximum Gasteiger partial charge on any atom is 0.239 e. The maximum absolute atomic E-state index is 12.4. The van der Waals surface area contributed by atoms with E-state index in [-0.39, 0.29) is 6.04 Å². The van der Waals surface area contributed by atoms with E-state index < -0.39 is 0 Å². The Morgan fingerprint density at radius 3 is 2.83 bits per heavy atom. The Kier molecular flexibility index (Phi) is 4.66. The molecule has 104 valence electrons. The first-order chi connectivity index (χ1) is 8.65. The van der Waals surface area contributed by atoms with Crippen molar-refractivity contribution in [3.05, 3.63) is 0 Å². The van der Waals surface area contributed by atoms with Crippen LogP contribution in [0.2, 0.25) is 0 Å². The molecule has 1 aliphatic heterocycles. The second-order valence-corrected chi connectivity index (χ2v) is 6.32. The van der Waals surface area contributed by atoms with E-state index in [1.54, 1.807) is 0 Å². The molecule has 0 aromatic carbocycles. The number of amides is 1. The molecule has 2 aliphatic rings. The molecule has 0 aromatic rings. The van der Waals surface area contributed by atoms with E-state index in [0.29, 0.717) is 11.8 Å². The van der Waals surface area contributed by atoms with Gasteiger partial charge in [0.2, 0.25) is 5.91 Å². The zero-order valence-electron chi connectivity index (χ0n) is 12.1. The molecule has 3 nitrogen and oxygen atoms in total. The molecule has 3 heteroatoms. The van der Waals surface area contributed by atoms with Crippen molar-refractivity contribution in [2.24, 2.45) is 17.8 Å². The van der Waals surface area contributed by atoms with Gasteiger partial charge in [-0.2, -0.15) is 0 Å². The van der Waals surface area contributed by atoms with Crippen LogP contribution in [-0.2, 0) is 4.79 Å². The van der Waals surface area contributed by atoms with Crippen molar-refractivity contribution in [2.45, 2.75) is 52.0 Å². The molecule has 1 saturated carbocycles. The van der Waals surface area contributed by atoms with Gasteiger partial charge in [0.25, 0.3) is 0 Å². The summed E-state index contributed by atoms with van der Waals surface area (Å²) < 4.78 is 0. The molecule has 1 N–H and O–H groups in total. The van der Waals surface area contributed by atoms with Gasteiger partial charge in [-0.15, -0.1) is 0 Å². The fraction of sp³-hybridized carbons (Fsp3) is 0.933. The highest BCUT2D eigenvalue weighted by atomic mass is 16.2. The van der Waals surface area contributed by atoms with E-state index >= 15 is 0 Å². The lowest BCUT2D eigenvalue weighted by Gasteiger charge is -2.28. The minimum Gasteiger partial charge on any atom is -0.341 e. The van der Waals surface area contributed by atoms with Gasteiger partial charge in [0, 0.05) is 13.1 Å². The molecule has 1 heterocycles. The lowest BCUT2D eigenvalue weighted by Crippen LogP contribution is -2.46. The van der Waals surface area contributed by atoms with Gasteiger partial charge in [0.05, 0.1) is 6.04 Å². The molecule has 0 aromatic heterocycles. The van der Waals surface area contributed by atoms with Crippen LogP contribution in [0, 0.1) is 17.8 Å². The first-order valence-corrected chi connectivity index (χ1v) is 7.61. The Morgan fingerprint density at radius 2 is 2.17 bits per heavy atom. The van der Waals surface area contributed by atoms with E-state index in [9.17, 15) is 4.79 Å². The highest BCUT2D eigenvalue weighted by molar-refractivity contribution is 5.82. The number of nitrogens with one attached hydrogen (secondary N) is 1. The predicted octanol–water partition coefficient (Wildman–Crippen LogP) is 2.27. The zero-order chi connectivity index (χ0) is 13.1. The number of hydrogen-bond donors (Lipinski definition) is 1. The van der Waals surface area contributed by atoms with Crippen molar-refractivity contribution in [1.29, 1.82) is 0 Å². The van der Waals surface area contributed by atoms with E-state index in [1.807, 2.05) is 7.05 Å². The van der Waals surface area contributed by atoms with Gasteiger partial charge in [-0.25, -0.2) is 0 Å². The molecule has 0 bridgehead atoms. The molecule has 2 rings (SSSR count). The molecule has 1 aliphatic carbocycles.